The molecule has 1 saturated carbocycles. The Bertz CT molecular complexity index is 1390. The fraction of sp³-hybridized carbons (Fsp3) is 0.517. The van der Waals surface area contributed by atoms with Crippen molar-refractivity contribution in [1.29, 1.82) is 0 Å². The van der Waals surface area contributed by atoms with E-state index < -0.39 is 0 Å². The van der Waals surface area contributed by atoms with Crippen molar-refractivity contribution in [3.05, 3.63) is 48.6 Å². The molecular weight excluding hydrogens is 511 g/mol. The number of carbonyl (C=O) groups is 1. The highest BCUT2D eigenvalue weighted by Crippen LogP contribution is 2.47. The SMILES string of the molecule is CC(C)C(CCC(N)=O)N1CC2(CCN(c3ncnnc3Oc3ccc(F)cc3-c3cncnc3C3CC3)C2)C1. The third kappa shape index (κ3) is 5.34. The summed E-state index contributed by atoms with van der Waals surface area (Å²) in [4.78, 5) is 29.3. The summed E-state index contributed by atoms with van der Waals surface area (Å²) in [6.07, 6.45) is 9.04. The molecule has 3 aliphatic rings. The Balaban J connectivity index is 1.20. The quantitative estimate of drug-likeness (QED) is 0.403. The monoisotopic (exact) mass is 546 g/mol. The average Bonchev–Trinajstić information content (AvgIpc) is 3.67. The first-order valence-corrected chi connectivity index (χ1v) is 14.0. The number of hydrogen-bond donors (Lipinski definition) is 1. The molecule has 0 radical (unpaired) electrons. The Kier molecular flexibility index (Phi) is 7.07. The molecular formula is C29H35FN8O2. The lowest BCUT2D eigenvalue weighted by molar-refractivity contribution is -0.118. The molecule has 210 valence electrons. The van der Waals surface area contributed by atoms with Gasteiger partial charge in [-0.05, 0) is 49.8 Å². The molecule has 2 aromatic heterocycles. The zero-order valence-electron chi connectivity index (χ0n) is 23.0. The highest BCUT2D eigenvalue weighted by atomic mass is 19.1. The third-order valence-electron chi connectivity index (χ3n) is 8.46. The summed E-state index contributed by atoms with van der Waals surface area (Å²) in [5, 5.41) is 8.28. The van der Waals surface area contributed by atoms with Crippen LogP contribution >= 0.6 is 0 Å². The number of nitrogens with two attached hydrogens (primary N) is 1. The van der Waals surface area contributed by atoms with Crippen LogP contribution in [0.5, 0.6) is 11.6 Å². The van der Waals surface area contributed by atoms with Gasteiger partial charge in [0.15, 0.2) is 5.82 Å². The topological polar surface area (TPSA) is 123 Å². The fourth-order valence-electron chi connectivity index (χ4n) is 6.33. The van der Waals surface area contributed by atoms with Crippen LogP contribution in [-0.2, 0) is 4.79 Å². The molecule has 3 fully saturated rings. The van der Waals surface area contributed by atoms with Gasteiger partial charge < -0.3 is 15.4 Å². The van der Waals surface area contributed by atoms with Gasteiger partial charge >= 0.3 is 0 Å². The molecule has 4 heterocycles. The van der Waals surface area contributed by atoms with E-state index in [1.165, 1.54) is 24.8 Å². The fourth-order valence-corrected chi connectivity index (χ4v) is 6.33. The Morgan fingerprint density at radius 2 is 2.00 bits per heavy atom. The Morgan fingerprint density at radius 3 is 2.75 bits per heavy atom. The number of halogens is 1. The summed E-state index contributed by atoms with van der Waals surface area (Å²) < 4.78 is 20.8. The molecule has 11 heteroatoms. The molecule has 1 unspecified atom stereocenters. The van der Waals surface area contributed by atoms with Crippen LogP contribution in [0.25, 0.3) is 11.1 Å². The minimum Gasteiger partial charge on any atom is -0.434 e. The average molecular weight is 547 g/mol. The lowest BCUT2D eigenvalue weighted by Gasteiger charge is -2.52. The van der Waals surface area contributed by atoms with Crippen molar-refractivity contribution in [1.82, 2.24) is 30.0 Å². The number of nitrogens with zero attached hydrogens (tertiary/aromatic N) is 7. The Morgan fingerprint density at radius 1 is 1.18 bits per heavy atom. The number of amides is 1. The van der Waals surface area contributed by atoms with Crippen molar-refractivity contribution in [2.75, 3.05) is 31.1 Å². The molecule has 3 aromatic rings. The van der Waals surface area contributed by atoms with Crippen LogP contribution in [0, 0.1) is 17.2 Å². The van der Waals surface area contributed by atoms with E-state index in [0.29, 0.717) is 41.4 Å². The molecule has 1 aliphatic carbocycles. The highest BCUT2D eigenvalue weighted by Gasteiger charge is 2.50. The molecule has 0 bridgehead atoms. The number of rotatable bonds is 10. The highest BCUT2D eigenvalue weighted by molar-refractivity contribution is 5.74. The van der Waals surface area contributed by atoms with Crippen LogP contribution in [0.15, 0.2) is 37.1 Å². The maximum Gasteiger partial charge on any atom is 0.282 e. The van der Waals surface area contributed by atoms with Gasteiger partial charge in [-0.1, -0.05) is 13.8 Å². The lowest BCUT2D eigenvalue weighted by atomic mass is 9.76. The van der Waals surface area contributed by atoms with Crippen LogP contribution in [0.4, 0.5) is 10.2 Å². The van der Waals surface area contributed by atoms with E-state index in [1.807, 2.05) is 0 Å². The molecule has 10 nitrogen and oxygen atoms in total. The van der Waals surface area contributed by atoms with E-state index in [1.54, 1.807) is 12.3 Å². The first kappa shape index (κ1) is 26.5. The normalized spacial score (nSPS) is 19.1. The molecule has 40 heavy (non-hydrogen) atoms. The van der Waals surface area contributed by atoms with Gasteiger partial charge in [0, 0.05) is 67.3 Å². The van der Waals surface area contributed by atoms with E-state index in [2.05, 4.69) is 48.8 Å². The first-order valence-electron chi connectivity index (χ1n) is 14.0. The van der Waals surface area contributed by atoms with E-state index in [0.717, 1.165) is 63.1 Å². The summed E-state index contributed by atoms with van der Waals surface area (Å²) in [6.45, 7) is 8.00. The van der Waals surface area contributed by atoms with E-state index in [9.17, 15) is 9.18 Å². The Labute approximate surface area is 233 Å². The number of anilines is 1. The number of ether oxygens (including phenoxy) is 1. The van der Waals surface area contributed by atoms with Crippen molar-refractivity contribution in [2.45, 2.75) is 57.9 Å². The van der Waals surface area contributed by atoms with Gasteiger partial charge in [0.2, 0.25) is 5.91 Å². The van der Waals surface area contributed by atoms with E-state index in [-0.39, 0.29) is 23.0 Å². The number of likely N-dealkylation sites (tertiary alicyclic amines) is 1. The second kappa shape index (κ2) is 10.7. The minimum absolute atomic E-state index is 0.156. The third-order valence-corrected chi connectivity index (χ3v) is 8.46. The maximum atomic E-state index is 14.4. The van der Waals surface area contributed by atoms with Crippen molar-refractivity contribution in [3.63, 3.8) is 0 Å². The summed E-state index contributed by atoms with van der Waals surface area (Å²) >= 11 is 0. The van der Waals surface area contributed by atoms with Crippen LogP contribution in [0.2, 0.25) is 0 Å². The zero-order valence-corrected chi connectivity index (χ0v) is 23.0. The molecule has 1 amide bonds. The van der Waals surface area contributed by atoms with Crippen molar-refractivity contribution >= 4 is 11.7 Å². The number of hydrogen-bond acceptors (Lipinski definition) is 9. The molecule has 2 aliphatic heterocycles. The van der Waals surface area contributed by atoms with E-state index >= 15 is 0 Å². The summed E-state index contributed by atoms with van der Waals surface area (Å²) in [5.74, 6) is 1.56. The summed E-state index contributed by atoms with van der Waals surface area (Å²) in [5.41, 5.74) is 7.84. The summed E-state index contributed by atoms with van der Waals surface area (Å²) in [7, 11) is 0. The number of benzene rings is 1. The van der Waals surface area contributed by atoms with Crippen LogP contribution < -0.4 is 15.4 Å². The predicted molar refractivity (Wildman–Crippen MR) is 147 cm³/mol. The molecule has 2 N–H and O–H groups in total. The first-order chi connectivity index (χ1) is 19.3. The van der Waals surface area contributed by atoms with Crippen molar-refractivity contribution in [3.8, 4) is 22.8 Å². The standard InChI is InChI=1S/C29H35FN8O2/c1-18(2)23(6-8-25(31)39)38-14-29(15-38)9-10-37(13-29)27-28(36-35-17-34-27)40-24-7-5-20(30)11-21(24)22-12-32-16-33-26(22)19-3-4-19/h5,7,11-12,16-19,23H,3-4,6,8-10,13-15H2,1-2H3,(H2,31,39). The van der Waals surface area contributed by atoms with E-state index in [4.69, 9.17) is 10.5 Å². The number of carbonyl (C=O) groups excluding carboxylic acids is 1. The molecule has 1 spiro atoms. The molecule has 2 saturated heterocycles. The van der Waals surface area contributed by atoms with Gasteiger partial charge in [0.1, 0.15) is 24.2 Å². The van der Waals surface area contributed by atoms with Gasteiger partial charge in [-0.3, -0.25) is 9.69 Å². The zero-order chi connectivity index (χ0) is 27.9. The van der Waals surface area contributed by atoms with Gasteiger partial charge in [-0.25, -0.2) is 19.3 Å². The Hall–Kier alpha value is -3.73. The lowest BCUT2D eigenvalue weighted by Crippen LogP contribution is -2.62. The van der Waals surface area contributed by atoms with Crippen LogP contribution in [0.3, 0.4) is 0 Å². The van der Waals surface area contributed by atoms with Gasteiger partial charge in [-0.2, -0.15) is 0 Å². The van der Waals surface area contributed by atoms with Gasteiger partial charge in [-0.15, -0.1) is 10.2 Å². The maximum absolute atomic E-state index is 14.4. The van der Waals surface area contributed by atoms with Gasteiger partial charge in [0.25, 0.3) is 5.88 Å². The van der Waals surface area contributed by atoms with Gasteiger partial charge in [0.05, 0.1) is 5.69 Å². The second-order valence-corrected chi connectivity index (χ2v) is 11.8. The molecule has 6 rings (SSSR count). The molecule has 1 aromatic carbocycles. The smallest absolute Gasteiger partial charge is 0.282 e. The van der Waals surface area contributed by atoms with Crippen LogP contribution in [0.1, 0.15) is 57.6 Å². The predicted octanol–water partition coefficient (Wildman–Crippen LogP) is 3.94. The largest absolute Gasteiger partial charge is 0.434 e. The second-order valence-electron chi connectivity index (χ2n) is 11.8. The van der Waals surface area contributed by atoms with Crippen LogP contribution in [-0.4, -0.2) is 68.2 Å². The number of primary amides is 1. The summed E-state index contributed by atoms with van der Waals surface area (Å²) in [6, 6.07) is 4.78. The number of aromatic nitrogens is 5. The minimum atomic E-state index is -0.364. The van der Waals surface area contributed by atoms with Crippen molar-refractivity contribution in [2.24, 2.45) is 17.1 Å². The van der Waals surface area contributed by atoms with Crippen molar-refractivity contribution < 1.29 is 13.9 Å². The molecule has 1 atom stereocenters.